The summed E-state index contributed by atoms with van der Waals surface area (Å²) >= 11 is 0. The second-order valence-corrected chi connectivity index (χ2v) is 10.3. The number of carbonyl (C=O) groups excluding carboxylic acids is 1. The Bertz CT molecular complexity index is 1220. The molecule has 0 spiro atoms. The van der Waals surface area contributed by atoms with E-state index < -0.39 is 11.0 Å². The summed E-state index contributed by atoms with van der Waals surface area (Å²) < 4.78 is 5.41. The zero-order chi connectivity index (χ0) is 24.8. The number of amides is 2. The van der Waals surface area contributed by atoms with Crippen molar-refractivity contribution in [3.05, 3.63) is 65.3 Å². The van der Waals surface area contributed by atoms with Crippen molar-refractivity contribution in [3.8, 4) is 11.4 Å². The maximum Gasteiger partial charge on any atom is 0.317 e. The van der Waals surface area contributed by atoms with Gasteiger partial charge in [0.25, 0.3) is 0 Å². The Morgan fingerprint density at radius 2 is 1.94 bits per heavy atom. The number of likely N-dealkylation sites (tertiary alicyclic amines) is 1. The molecule has 9 nitrogen and oxygen atoms in total. The van der Waals surface area contributed by atoms with Crippen LogP contribution in [-0.2, 0) is 12.1 Å². The molecule has 184 valence electrons. The number of aromatic nitrogens is 3. The van der Waals surface area contributed by atoms with Gasteiger partial charge >= 0.3 is 6.03 Å². The number of rotatable bonds is 7. The van der Waals surface area contributed by atoms with Crippen molar-refractivity contribution in [2.75, 3.05) is 33.2 Å². The van der Waals surface area contributed by atoms with Crippen LogP contribution < -0.4 is 5.32 Å². The van der Waals surface area contributed by atoms with Crippen LogP contribution in [-0.4, -0.2) is 69.3 Å². The van der Waals surface area contributed by atoms with Gasteiger partial charge in [-0.05, 0) is 30.2 Å². The first-order valence-corrected chi connectivity index (χ1v) is 12.0. The van der Waals surface area contributed by atoms with E-state index in [4.69, 9.17) is 4.52 Å². The van der Waals surface area contributed by atoms with Gasteiger partial charge in [-0.2, -0.15) is 4.98 Å². The number of nitrogens with one attached hydrogen (secondary N) is 1. The van der Waals surface area contributed by atoms with Gasteiger partial charge in [-0.15, -0.1) is 0 Å². The fraction of sp³-hybridized carbons (Fsp3) is 0.462. The van der Waals surface area contributed by atoms with Crippen molar-refractivity contribution in [1.29, 1.82) is 0 Å². The van der Waals surface area contributed by atoms with Crippen LogP contribution in [0.2, 0.25) is 0 Å². The van der Waals surface area contributed by atoms with E-state index in [-0.39, 0.29) is 12.6 Å². The Hall–Kier alpha value is -3.30. The molecule has 3 aromatic rings. The number of hydrogen-bond acceptors (Lipinski definition) is 7. The summed E-state index contributed by atoms with van der Waals surface area (Å²) in [5.41, 5.74) is 1.76. The zero-order valence-electron chi connectivity index (χ0n) is 20.7. The molecule has 1 atom stereocenters. The molecule has 1 aromatic carbocycles. The van der Waals surface area contributed by atoms with Gasteiger partial charge in [0.2, 0.25) is 11.7 Å². The van der Waals surface area contributed by atoms with Crippen LogP contribution in [0.5, 0.6) is 0 Å². The lowest BCUT2D eigenvalue weighted by atomic mass is 9.62. The molecule has 0 unspecified atom stereocenters. The minimum absolute atomic E-state index is 0.138. The first-order valence-electron chi connectivity index (χ1n) is 12.0. The van der Waals surface area contributed by atoms with Crippen molar-refractivity contribution >= 4 is 6.03 Å². The molecule has 2 aliphatic rings. The first-order chi connectivity index (χ1) is 16.7. The summed E-state index contributed by atoms with van der Waals surface area (Å²) in [4.78, 5) is 24.6. The van der Waals surface area contributed by atoms with Crippen molar-refractivity contribution in [1.82, 2.24) is 30.2 Å². The van der Waals surface area contributed by atoms with Gasteiger partial charge in [0.1, 0.15) is 12.1 Å². The highest BCUT2D eigenvalue weighted by Crippen LogP contribution is 2.50. The summed E-state index contributed by atoms with van der Waals surface area (Å²) in [5.74, 6) is 1.14. The molecule has 2 N–H and O–H groups in total. The van der Waals surface area contributed by atoms with E-state index in [1.165, 1.54) is 5.56 Å². The average Bonchev–Trinajstić information content (AvgIpc) is 3.47. The number of benzene rings is 1. The molecule has 0 radical (unpaired) electrons. The maximum absolute atomic E-state index is 12.4. The third-order valence-electron chi connectivity index (χ3n) is 7.26. The van der Waals surface area contributed by atoms with E-state index in [9.17, 15) is 9.90 Å². The third kappa shape index (κ3) is 4.08. The Labute approximate surface area is 205 Å². The molecule has 9 heteroatoms. The Morgan fingerprint density at radius 3 is 2.57 bits per heavy atom. The summed E-state index contributed by atoms with van der Waals surface area (Å²) in [6.45, 7) is 9.40. The Morgan fingerprint density at radius 1 is 1.20 bits per heavy atom. The van der Waals surface area contributed by atoms with Crippen LogP contribution in [0.3, 0.4) is 0 Å². The molecular formula is C26H32N6O3. The smallest absolute Gasteiger partial charge is 0.317 e. The second kappa shape index (κ2) is 8.73. The zero-order valence-corrected chi connectivity index (χ0v) is 20.7. The predicted octanol–water partition coefficient (Wildman–Crippen LogP) is 2.97. The Balaban J connectivity index is 1.50. The molecule has 2 fully saturated rings. The highest BCUT2D eigenvalue weighted by Gasteiger charge is 2.55. The van der Waals surface area contributed by atoms with Crippen LogP contribution in [0.25, 0.3) is 11.4 Å². The minimum Gasteiger partial charge on any atom is -0.380 e. The summed E-state index contributed by atoms with van der Waals surface area (Å²) in [6.07, 6.45) is 3.39. The summed E-state index contributed by atoms with van der Waals surface area (Å²) in [7, 11) is 2.06. The van der Waals surface area contributed by atoms with E-state index >= 15 is 0 Å². The molecule has 2 aromatic heterocycles. The van der Waals surface area contributed by atoms with Crippen molar-refractivity contribution in [3.63, 3.8) is 0 Å². The fourth-order valence-corrected chi connectivity index (χ4v) is 5.37. The van der Waals surface area contributed by atoms with Crippen LogP contribution in [0.1, 0.15) is 49.3 Å². The average molecular weight is 477 g/mol. The van der Waals surface area contributed by atoms with Crippen LogP contribution in [0.4, 0.5) is 4.79 Å². The molecule has 0 saturated carbocycles. The minimum atomic E-state index is -1.25. The first kappa shape index (κ1) is 23.4. The van der Waals surface area contributed by atoms with Crippen molar-refractivity contribution in [2.24, 2.45) is 5.41 Å². The monoisotopic (exact) mass is 476 g/mol. The van der Waals surface area contributed by atoms with Gasteiger partial charge in [-0.1, -0.05) is 50.2 Å². The normalized spacial score (nSPS) is 19.5. The van der Waals surface area contributed by atoms with Gasteiger partial charge in [-0.3, -0.25) is 4.98 Å². The number of pyridine rings is 1. The molecule has 2 saturated heterocycles. The number of urea groups is 1. The van der Waals surface area contributed by atoms with Gasteiger partial charge in [0.15, 0.2) is 0 Å². The molecule has 2 amide bonds. The van der Waals surface area contributed by atoms with Gasteiger partial charge in [-0.25, -0.2) is 4.79 Å². The molecule has 0 aliphatic carbocycles. The number of hydrogen-bond donors (Lipinski definition) is 2. The SMILES string of the molecule is CC(C)c1ccc([C@](O)(c2cncc(-c3noc(CN4CCNC4=O)n3)c2)C2(C)CN(C)C2)cc1. The predicted molar refractivity (Wildman–Crippen MR) is 130 cm³/mol. The lowest BCUT2D eigenvalue weighted by molar-refractivity contribution is -0.127. The summed E-state index contributed by atoms with van der Waals surface area (Å²) in [6, 6.07) is 9.99. The van der Waals surface area contributed by atoms with Crippen LogP contribution >= 0.6 is 0 Å². The van der Waals surface area contributed by atoms with Gasteiger partial charge < -0.3 is 24.7 Å². The molecule has 2 aliphatic heterocycles. The second-order valence-electron chi connectivity index (χ2n) is 10.3. The standard InChI is InChI=1S/C26H32N6O3/c1-17(2)18-5-7-20(8-6-18)26(34,25(3)15-31(4)16-25)21-11-19(12-27-13-21)23-29-22(35-30-23)14-32-10-9-28-24(32)33/h5-8,11-13,17,34H,9-10,14-16H2,1-4H3,(H,28,33)/t26-/m0/s1. The topological polar surface area (TPSA) is 108 Å². The van der Waals surface area contributed by atoms with Crippen LogP contribution in [0.15, 0.2) is 47.2 Å². The fourth-order valence-electron chi connectivity index (χ4n) is 5.37. The molecule has 35 heavy (non-hydrogen) atoms. The molecular weight excluding hydrogens is 444 g/mol. The number of nitrogens with zero attached hydrogens (tertiary/aromatic N) is 5. The molecule has 5 rings (SSSR count). The van der Waals surface area contributed by atoms with E-state index in [1.807, 2.05) is 18.2 Å². The van der Waals surface area contributed by atoms with Crippen molar-refractivity contribution in [2.45, 2.75) is 38.8 Å². The largest absolute Gasteiger partial charge is 0.380 e. The van der Waals surface area contributed by atoms with E-state index in [0.717, 1.165) is 18.7 Å². The lowest BCUT2D eigenvalue weighted by Gasteiger charge is -2.55. The summed E-state index contributed by atoms with van der Waals surface area (Å²) in [5, 5.41) is 19.3. The van der Waals surface area contributed by atoms with Gasteiger partial charge in [0.05, 0.1) is 0 Å². The highest BCUT2D eigenvalue weighted by molar-refractivity contribution is 5.76. The van der Waals surface area contributed by atoms with E-state index in [0.29, 0.717) is 41.8 Å². The van der Waals surface area contributed by atoms with Crippen LogP contribution in [0, 0.1) is 5.41 Å². The highest BCUT2D eigenvalue weighted by atomic mass is 16.5. The van der Waals surface area contributed by atoms with Crippen molar-refractivity contribution < 1.29 is 14.4 Å². The van der Waals surface area contributed by atoms with E-state index in [1.54, 1.807) is 17.3 Å². The number of aliphatic hydroxyl groups is 1. The lowest BCUT2D eigenvalue weighted by Crippen LogP contribution is -2.63. The molecule has 4 heterocycles. The van der Waals surface area contributed by atoms with Gasteiger partial charge in [0, 0.05) is 55.1 Å². The quantitative estimate of drug-likeness (QED) is 0.540. The maximum atomic E-state index is 12.4. The molecule has 0 bridgehead atoms. The third-order valence-corrected chi connectivity index (χ3v) is 7.26. The Kier molecular flexibility index (Phi) is 5.85. The number of carbonyl (C=O) groups is 1. The van der Waals surface area contributed by atoms with E-state index in [2.05, 4.69) is 65.3 Å².